The summed E-state index contributed by atoms with van der Waals surface area (Å²) in [6.45, 7) is 0. The molecule has 0 atom stereocenters. The molecule has 2 rings (SSSR count). The number of halogens is 1. The first kappa shape index (κ1) is 12.0. The molecule has 0 aliphatic rings. The summed E-state index contributed by atoms with van der Waals surface area (Å²) in [5, 5.41) is 0. The number of benzene rings is 1. The van der Waals surface area contributed by atoms with Crippen LogP contribution >= 0.6 is 0 Å². The van der Waals surface area contributed by atoms with Gasteiger partial charge in [-0.25, -0.2) is 9.18 Å². The third-order valence-electron chi connectivity index (χ3n) is 2.50. The van der Waals surface area contributed by atoms with Gasteiger partial charge in [0.25, 0.3) is 5.56 Å². The highest BCUT2D eigenvalue weighted by Gasteiger charge is 2.12. The third kappa shape index (κ3) is 2.15. The van der Waals surface area contributed by atoms with E-state index in [0.717, 1.165) is 6.07 Å². The number of aromatic nitrogens is 1. The van der Waals surface area contributed by atoms with Crippen molar-refractivity contribution in [3.8, 4) is 11.1 Å². The normalized spacial score (nSPS) is 10.1. The maximum absolute atomic E-state index is 13.9. The number of pyridine rings is 1. The van der Waals surface area contributed by atoms with Crippen LogP contribution in [0.15, 0.2) is 41.3 Å². The summed E-state index contributed by atoms with van der Waals surface area (Å²) in [4.78, 5) is 25.2. The summed E-state index contributed by atoms with van der Waals surface area (Å²) in [7, 11) is 1.22. The zero-order valence-electron chi connectivity index (χ0n) is 9.57. The molecule has 0 saturated carbocycles. The van der Waals surface area contributed by atoms with Gasteiger partial charge in [-0.2, -0.15) is 0 Å². The molecule has 1 aromatic heterocycles. The van der Waals surface area contributed by atoms with Gasteiger partial charge in [0.2, 0.25) is 0 Å². The highest BCUT2D eigenvalue weighted by Crippen LogP contribution is 2.20. The molecule has 4 nitrogen and oxygen atoms in total. The van der Waals surface area contributed by atoms with Crippen molar-refractivity contribution in [1.82, 2.24) is 4.98 Å². The highest BCUT2D eigenvalue weighted by atomic mass is 19.1. The standard InChI is InChI=1S/C13H10FNO3/c1-18-13(17)8-4-5-9(11(14)7-8)10-3-2-6-15-12(10)16/h2-7H,1H3,(H,15,16). The van der Waals surface area contributed by atoms with Crippen molar-refractivity contribution in [2.75, 3.05) is 7.11 Å². The van der Waals surface area contributed by atoms with E-state index in [9.17, 15) is 14.0 Å². The van der Waals surface area contributed by atoms with Crippen LogP contribution in [0.2, 0.25) is 0 Å². The Hall–Kier alpha value is -2.43. The number of hydrogen-bond acceptors (Lipinski definition) is 3. The average molecular weight is 247 g/mol. The van der Waals surface area contributed by atoms with Crippen LogP contribution in [-0.4, -0.2) is 18.1 Å². The van der Waals surface area contributed by atoms with E-state index in [2.05, 4.69) is 9.72 Å². The van der Waals surface area contributed by atoms with E-state index in [4.69, 9.17) is 0 Å². The smallest absolute Gasteiger partial charge is 0.337 e. The van der Waals surface area contributed by atoms with Crippen molar-refractivity contribution in [1.29, 1.82) is 0 Å². The highest BCUT2D eigenvalue weighted by molar-refractivity contribution is 5.90. The van der Waals surface area contributed by atoms with Crippen LogP contribution in [0.5, 0.6) is 0 Å². The van der Waals surface area contributed by atoms with Gasteiger partial charge in [-0.3, -0.25) is 4.79 Å². The molecule has 0 spiro atoms. The summed E-state index contributed by atoms with van der Waals surface area (Å²) in [5.74, 6) is -1.27. The lowest BCUT2D eigenvalue weighted by Gasteiger charge is -2.04. The average Bonchev–Trinajstić information content (AvgIpc) is 2.39. The minimum absolute atomic E-state index is 0.103. The fraction of sp³-hybridized carbons (Fsp3) is 0.0769. The number of nitrogens with one attached hydrogen (secondary N) is 1. The molecular formula is C13H10FNO3. The summed E-state index contributed by atoms with van der Waals surface area (Å²) in [6, 6.07) is 6.95. The molecule has 2 aromatic rings. The number of hydrogen-bond donors (Lipinski definition) is 1. The number of ether oxygens (including phenoxy) is 1. The monoisotopic (exact) mass is 247 g/mol. The minimum Gasteiger partial charge on any atom is -0.465 e. The number of carbonyl (C=O) groups is 1. The maximum atomic E-state index is 13.9. The summed E-state index contributed by atoms with van der Waals surface area (Å²) < 4.78 is 18.3. The molecule has 0 aliphatic carbocycles. The molecule has 0 unspecified atom stereocenters. The van der Waals surface area contributed by atoms with E-state index >= 15 is 0 Å². The van der Waals surface area contributed by atoms with E-state index in [0.29, 0.717) is 0 Å². The Kier molecular flexibility index (Phi) is 3.23. The second-order valence-electron chi connectivity index (χ2n) is 3.60. The zero-order valence-corrected chi connectivity index (χ0v) is 9.57. The molecule has 0 fully saturated rings. The predicted octanol–water partition coefficient (Wildman–Crippen LogP) is 1.97. The van der Waals surface area contributed by atoms with E-state index in [1.54, 1.807) is 6.07 Å². The lowest BCUT2D eigenvalue weighted by atomic mass is 10.0. The van der Waals surface area contributed by atoms with Gasteiger partial charge in [0.1, 0.15) is 5.82 Å². The largest absolute Gasteiger partial charge is 0.465 e. The Bertz CT molecular complexity index is 649. The molecule has 92 valence electrons. The van der Waals surface area contributed by atoms with Gasteiger partial charge in [0.15, 0.2) is 0 Å². The van der Waals surface area contributed by atoms with Crippen LogP contribution in [0.3, 0.4) is 0 Å². The summed E-state index contributed by atoms with van der Waals surface area (Å²) in [5.41, 5.74) is 0.0734. The van der Waals surface area contributed by atoms with Gasteiger partial charge in [-0.1, -0.05) is 6.07 Å². The van der Waals surface area contributed by atoms with Crippen molar-refractivity contribution >= 4 is 5.97 Å². The van der Waals surface area contributed by atoms with E-state index in [-0.39, 0.29) is 22.2 Å². The van der Waals surface area contributed by atoms with Gasteiger partial charge < -0.3 is 9.72 Å². The SMILES string of the molecule is COC(=O)c1ccc(-c2ccc[nH]c2=O)c(F)c1. The Labute approximate surface area is 102 Å². The van der Waals surface area contributed by atoms with Crippen molar-refractivity contribution in [3.05, 3.63) is 58.3 Å². The lowest BCUT2D eigenvalue weighted by Crippen LogP contribution is -2.09. The van der Waals surface area contributed by atoms with Crippen molar-refractivity contribution in [3.63, 3.8) is 0 Å². The number of methoxy groups -OCH3 is 1. The van der Waals surface area contributed by atoms with Crippen LogP contribution in [0.1, 0.15) is 10.4 Å². The number of rotatable bonds is 2. The molecule has 18 heavy (non-hydrogen) atoms. The Morgan fingerprint density at radius 1 is 1.28 bits per heavy atom. The molecular weight excluding hydrogens is 237 g/mol. The number of H-pyrrole nitrogens is 1. The van der Waals surface area contributed by atoms with Gasteiger partial charge in [0, 0.05) is 17.3 Å². The molecule has 1 N–H and O–H groups in total. The summed E-state index contributed by atoms with van der Waals surface area (Å²) >= 11 is 0. The lowest BCUT2D eigenvalue weighted by molar-refractivity contribution is 0.0600. The van der Waals surface area contributed by atoms with E-state index < -0.39 is 11.8 Å². The molecule has 5 heteroatoms. The second kappa shape index (κ2) is 4.83. The van der Waals surface area contributed by atoms with Crippen molar-refractivity contribution in [2.45, 2.75) is 0 Å². The fourth-order valence-electron chi connectivity index (χ4n) is 1.61. The Balaban J connectivity index is 2.52. The van der Waals surface area contributed by atoms with Crippen molar-refractivity contribution in [2.24, 2.45) is 0 Å². The van der Waals surface area contributed by atoms with E-state index in [1.165, 1.54) is 31.5 Å². The molecule has 1 aromatic carbocycles. The molecule has 0 saturated heterocycles. The Morgan fingerprint density at radius 2 is 2.06 bits per heavy atom. The van der Waals surface area contributed by atoms with Crippen LogP contribution in [0, 0.1) is 5.82 Å². The summed E-state index contributed by atoms with van der Waals surface area (Å²) in [6.07, 6.45) is 1.46. The predicted molar refractivity (Wildman–Crippen MR) is 63.8 cm³/mol. The second-order valence-corrected chi connectivity index (χ2v) is 3.60. The van der Waals surface area contributed by atoms with Gasteiger partial charge in [0.05, 0.1) is 12.7 Å². The van der Waals surface area contributed by atoms with E-state index in [1.807, 2.05) is 0 Å². The zero-order chi connectivity index (χ0) is 13.1. The third-order valence-corrected chi connectivity index (χ3v) is 2.50. The van der Waals surface area contributed by atoms with Crippen LogP contribution in [-0.2, 0) is 4.74 Å². The maximum Gasteiger partial charge on any atom is 0.337 e. The number of esters is 1. The Morgan fingerprint density at radius 3 is 2.67 bits per heavy atom. The first-order valence-corrected chi connectivity index (χ1v) is 5.19. The number of carbonyl (C=O) groups excluding carboxylic acids is 1. The minimum atomic E-state index is -0.644. The molecule has 1 heterocycles. The van der Waals surface area contributed by atoms with Gasteiger partial charge >= 0.3 is 5.97 Å². The molecule has 0 radical (unpaired) electrons. The quantitative estimate of drug-likeness (QED) is 0.825. The van der Waals surface area contributed by atoms with Gasteiger partial charge in [-0.05, 0) is 24.3 Å². The first-order valence-electron chi connectivity index (χ1n) is 5.19. The topological polar surface area (TPSA) is 59.2 Å². The van der Waals surface area contributed by atoms with Crippen LogP contribution < -0.4 is 5.56 Å². The first-order chi connectivity index (χ1) is 8.63. The van der Waals surface area contributed by atoms with Crippen molar-refractivity contribution < 1.29 is 13.9 Å². The number of aromatic amines is 1. The molecule has 0 bridgehead atoms. The molecule has 0 aliphatic heterocycles. The molecule has 0 amide bonds. The fourth-order valence-corrected chi connectivity index (χ4v) is 1.61. The van der Waals surface area contributed by atoms with Gasteiger partial charge in [-0.15, -0.1) is 0 Å². The van der Waals surface area contributed by atoms with Crippen LogP contribution in [0.25, 0.3) is 11.1 Å². The van der Waals surface area contributed by atoms with Crippen LogP contribution in [0.4, 0.5) is 4.39 Å².